The predicted molar refractivity (Wildman–Crippen MR) is 76.6 cm³/mol. The minimum absolute atomic E-state index is 0.184. The van der Waals surface area contributed by atoms with Gasteiger partial charge in [0.1, 0.15) is 9.97 Å². The van der Waals surface area contributed by atoms with Crippen LogP contribution in [0, 0.1) is 13.8 Å². The lowest BCUT2D eigenvalue weighted by atomic mass is 10.3. The average Bonchev–Trinajstić information content (AvgIpc) is 3.10. The van der Waals surface area contributed by atoms with Crippen molar-refractivity contribution < 1.29 is 17.3 Å². The van der Waals surface area contributed by atoms with E-state index in [0.717, 1.165) is 4.88 Å². The van der Waals surface area contributed by atoms with Crippen molar-refractivity contribution in [2.75, 3.05) is 4.72 Å². The molecule has 3 aromatic rings. The summed E-state index contributed by atoms with van der Waals surface area (Å²) < 4.78 is 37.2. The highest BCUT2D eigenvalue weighted by atomic mass is 32.2. The molecule has 0 aromatic carbocycles. The normalized spacial score (nSPS) is 11.7. The van der Waals surface area contributed by atoms with Gasteiger partial charge in [0.25, 0.3) is 15.9 Å². The Hall–Kier alpha value is -2.13. The zero-order chi connectivity index (χ0) is 15.0. The van der Waals surface area contributed by atoms with E-state index < -0.39 is 10.0 Å². The van der Waals surface area contributed by atoms with Gasteiger partial charge in [0.2, 0.25) is 0 Å². The highest BCUT2D eigenvalue weighted by molar-refractivity contribution is 7.94. The maximum atomic E-state index is 12.1. The third-order valence-electron chi connectivity index (χ3n) is 2.72. The molecule has 0 unspecified atom stereocenters. The quantitative estimate of drug-likeness (QED) is 0.792. The highest BCUT2D eigenvalue weighted by Crippen LogP contribution is 2.26. The molecule has 0 saturated heterocycles. The molecule has 0 saturated carbocycles. The van der Waals surface area contributed by atoms with Gasteiger partial charge in [-0.25, -0.2) is 13.1 Å². The zero-order valence-electron chi connectivity index (χ0n) is 11.2. The molecule has 0 aliphatic carbocycles. The Balaban J connectivity index is 1.86. The molecule has 21 heavy (non-hydrogen) atoms. The summed E-state index contributed by atoms with van der Waals surface area (Å²) in [7, 11) is -3.71. The van der Waals surface area contributed by atoms with Crippen molar-refractivity contribution in [1.29, 1.82) is 0 Å². The molecule has 0 aliphatic heterocycles. The van der Waals surface area contributed by atoms with Gasteiger partial charge >= 0.3 is 6.01 Å². The summed E-state index contributed by atoms with van der Waals surface area (Å²) in [4.78, 5) is 0.899. The van der Waals surface area contributed by atoms with Crippen molar-refractivity contribution in [1.82, 2.24) is 10.2 Å². The smallest absolute Gasteiger partial charge is 0.330 e. The van der Waals surface area contributed by atoms with Crippen molar-refractivity contribution >= 4 is 27.4 Å². The van der Waals surface area contributed by atoms with Crippen molar-refractivity contribution in [3.8, 4) is 11.5 Å². The molecule has 0 fully saturated rings. The summed E-state index contributed by atoms with van der Waals surface area (Å²) in [5.74, 6) is 0.809. The van der Waals surface area contributed by atoms with E-state index in [-0.39, 0.29) is 16.1 Å². The van der Waals surface area contributed by atoms with Crippen LogP contribution in [0.5, 0.6) is 0 Å². The first-order valence-electron chi connectivity index (χ1n) is 5.93. The minimum Gasteiger partial charge on any atom is -0.469 e. The standard InChI is InChI=1S/C12H11N3O4S2/c1-7-3-4-10(20-7)21(16,17)15-12-14-13-11(19-12)9-5-6-18-8(9)2/h3-6H,1-2H3,(H,14,15). The van der Waals surface area contributed by atoms with Crippen LogP contribution in [0.4, 0.5) is 6.01 Å². The van der Waals surface area contributed by atoms with Crippen molar-refractivity contribution in [3.63, 3.8) is 0 Å². The second kappa shape index (κ2) is 5.01. The lowest BCUT2D eigenvalue weighted by Gasteiger charge is -2.00. The van der Waals surface area contributed by atoms with E-state index in [4.69, 9.17) is 8.83 Å². The van der Waals surface area contributed by atoms with Gasteiger partial charge in [-0.3, -0.25) is 0 Å². The lowest BCUT2D eigenvalue weighted by Crippen LogP contribution is -2.11. The number of nitrogens with zero attached hydrogens (tertiary/aromatic N) is 2. The van der Waals surface area contributed by atoms with Crippen LogP contribution in [0.2, 0.25) is 0 Å². The van der Waals surface area contributed by atoms with E-state index in [1.165, 1.54) is 23.7 Å². The minimum atomic E-state index is -3.71. The first-order chi connectivity index (χ1) is 9.95. The van der Waals surface area contributed by atoms with Gasteiger partial charge in [-0.05, 0) is 32.0 Å². The largest absolute Gasteiger partial charge is 0.469 e. The third-order valence-corrected chi connectivity index (χ3v) is 5.53. The number of anilines is 1. The number of rotatable bonds is 4. The number of aromatic nitrogens is 2. The topological polar surface area (TPSA) is 98.2 Å². The van der Waals surface area contributed by atoms with E-state index in [1.54, 1.807) is 19.1 Å². The molecule has 7 nitrogen and oxygen atoms in total. The summed E-state index contributed by atoms with van der Waals surface area (Å²) in [6, 6.07) is 4.74. The van der Waals surface area contributed by atoms with E-state index in [0.29, 0.717) is 11.3 Å². The number of hydrogen-bond acceptors (Lipinski definition) is 7. The van der Waals surface area contributed by atoms with Gasteiger partial charge in [-0.2, -0.15) is 0 Å². The maximum absolute atomic E-state index is 12.1. The third kappa shape index (κ3) is 2.69. The van der Waals surface area contributed by atoms with Crippen molar-refractivity contribution in [3.05, 3.63) is 35.1 Å². The van der Waals surface area contributed by atoms with Crippen LogP contribution in [0.1, 0.15) is 10.6 Å². The number of thiophene rings is 1. The fourth-order valence-corrected chi connectivity index (χ4v) is 3.91. The predicted octanol–water partition coefficient (Wildman–Crippen LogP) is 2.81. The fourth-order valence-electron chi connectivity index (χ4n) is 1.70. The molecule has 1 N–H and O–H groups in total. The average molecular weight is 325 g/mol. The second-order valence-electron chi connectivity index (χ2n) is 4.27. The Labute approximate surface area is 124 Å². The number of hydrogen-bond donors (Lipinski definition) is 1. The summed E-state index contributed by atoms with van der Waals surface area (Å²) in [6.45, 7) is 3.58. The molecular weight excluding hydrogens is 314 g/mol. The Morgan fingerprint density at radius 3 is 2.62 bits per heavy atom. The van der Waals surface area contributed by atoms with Crippen molar-refractivity contribution in [2.45, 2.75) is 18.1 Å². The SMILES string of the molecule is Cc1ccc(S(=O)(=O)Nc2nnc(-c3ccoc3C)o2)s1. The van der Waals surface area contributed by atoms with Gasteiger partial charge in [-0.1, -0.05) is 5.10 Å². The molecule has 0 amide bonds. The van der Waals surface area contributed by atoms with Crippen LogP contribution in [-0.4, -0.2) is 18.6 Å². The van der Waals surface area contributed by atoms with E-state index >= 15 is 0 Å². The van der Waals surface area contributed by atoms with E-state index in [2.05, 4.69) is 14.9 Å². The van der Waals surface area contributed by atoms with Gasteiger partial charge < -0.3 is 8.83 Å². The van der Waals surface area contributed by atoms with E-state index in [9.17, 15) is 8.42 Å². The molecule has 0 aliphatic rings. The van der Waals surface area contributed by atoms with Crippen LogP contribution in [0.15, 0.2) is 37.5 Å². The first-order valence-corrected chi connectivity index (χ1v) is 8.23. The monoisotopic (exact) mass is 325 g/mol. The zero-order valence-corrected chi connectivity index (χ0v) is 12.8. The molecule has 0 radical (unpaired) electrons. The van der Waals surface area contributed by atoms with Gasteiger partial charge in [0.15, 0.2) is 0 Å². The number of sulfonamides is 1. The van der Waals surface area contributed by atoms with Gasteiger partial charge in [0, 0.05) is 4.88 Å². The summed E-state index contributed by atoms with van der Waals surface area (Å²) in [5, 5.41) is 7.49. The van der Waals surface area contributed by atoms with Gasteiger partial charge in [-0.15, -0.1) is 16.4 Å². The number of furan rings is 1. The maximum Gasteiger partial charge on any atom is 0.330 e. The Morgan fingerprint density at radius 2 is 2.00 bits per heavy atom. The molecule has 110 valence electrons. The van der Waals surface area contributed by atoms with Crippen molar-refractivity contribution in [2.24, 2.45) is 0 Å². The second-order valence-corrected chi connectivity index (χ2v) is 7.47. The fraction of sp³-hybridized carbons (Fsp3) is 0.167. The molecule has 3 rings (SSSR count). The Kier molecular flexibility index (Phi) is 3.30. The summed E-state index contributed by atoms with van der Waals surface area (Å²) in [6.07, 6.45) is 1.49. The first kappa shape index (κ1) is 13.8. The van der Waals surface area contributed by atoms with Crippen LogP contribution in [0.25, 0.3) is 11.5 Å². The van der Waals surface area contributed by atoms with E-state index in [1.807, 2.05) is 6.92 Å². The molecule has 3 heterocycles. The van der Waals surface area contributed by atoms with Gasteiger partial charge in [0.05, 0.1) is 11.8 Å². The number of aryl methyl sites for hydroxylation is 2. The molecule has 0 atom stereocenters. The molecule has 0 spiro atoms. The molecule has 9 heteroatoms. The number of nitrogens with one attached hydrogen (secondary N) is 1. The van der Waals surface area contributed by atoms with Crippen LogP contribution >= 0.6 is 11.3 Å². The summed E-state index contributed by atoms with van der Waals surface area (Å²) >= 11 is 1.17. The molecule has 0 bridgehead atoms. The van der Waals surface area contributed by atoms with Crippen LogP contribution < -0.4 is 4.72 Å². The molecule has 3 aromatic heterocycles. The lowest BCUT2D eigenvalue weighted by molar-refractivity contribution is 0.531. The van der Waals surface area contributed by atoms with Crippen LogP contribution in [-0.2, 0) is 10.0 Å². The summed E-state index contributed by atoms with van der Waals surface area (Å²) in [5.41, 5.74) is 0.625. The van der Waals surface area contributed by atoms with Crippen LogP contribution in [0.3, 0.4) is 0 Å². The highest BCUT2D eigenvalue weighted by Gasteiger charge is 2.20. The Bertz CT molecular complexity index is 876. The Morgan fingerprint density at radius 1 is 1.19 bits per heavy atom. The molecular formula is C12H11N3O4S2.